The van der Waals surface area contributed by atoms with E-state index in [1.165, 1.54) is 15.4 Å². The van der Waals surface area contributed by atoms with Gasteiger partial charge in [0, 0.05) is 9.79 Å². The van der Waals surface area contributed by atoms with Crippen LogP contribution >= 0.6 is 11.8 Å². The van der Waals surface area contributed by atoms with Crippen LogP contribution in [0.25, 0.3) is 0 Å². The molecule has 19 heavy (non-hydrogen) atoms. The lowest BCUT2D eigenvalue weighted by atomic mass is 10.0. The molecule has 2 heteroatoms. The molecule has 0 amide bonds. The summed E-state index contributed by atoms with van der Waals surface area (Å²) in [6, 6.07) is 19.0. The van der Waals surface area contributed by atoms with Crippen LogP contribution in [0.2, 0.25) is 0 Å². The van der Waals surface area contributed by atoms with Gasteiger partial charge < -0.3 is 0 Å². The average Bonchev–Trinajstić information content (AvgIpc) is 2.42. The van der Waals surface area contributed by atoms with Crippen molar-refractivity contribution < 1.29 is 0 Å². The van der Waals surface area contributed by atoms with Crippen molar-refractivity contribution in [2.75, 3.05) is 0 Å². The van der Waals surface area contributed by atoms with E-state index in [4.69, 9.17) is 5.26 Å². The Morgan fingerprint density at radius 1 is 1.05 bits per heavy atom. The Morgan fingerprint density at radius 3 is 2.37 bits per heavy atom. The summed E-state index contributed by atoms with van der Waals surface area (Å²) >= 11 is 1.72. The van der Waals surface area contributed by atoms with Crippen molar-refractivity contribution >= 4 is 11.8 Å². The highest BCUT2D eigenvalue weighted by atomic mass is 32.2. The van der Waals surface area contributed by atoms with Gasteiger partial charge in [-0.3, -0.25) is 0 Å². The molecule has 0 bridgehead atoms. The first-order valence-corrected chi connectivity index (χ1v) is 7.25. The van der Waals surface area contributed by atoms with Gasteiger partial charge in [-0.2, -0.15) is 5.26 Å². The van der Waals surface area contributed by atoms with Crippen LogP contribution in [0, 0.1) is 11.3 Å². The first-order chi connectivity index (χ1) is 9.20. The fraction of sp³-hybridized carbons (Fsp3) is 0.235. The molecule has 0 aromatic heterocycles. The van der Waals surface area contributed by atoms with Gasteiger partial charge in [0.15, 0.2) is 0 Å². The SMILES string of the molecule is CC(C)c1ccc(Sc2ccccc2CC#N)cc1. The van der Waals surface area contributed by atoms with Gasteiger partial charge in [0.2, 0.25) is 0 Å². The summed E-state index contributed by atoms with van der Waals surface area (Å²) in [5, 5.41) is 8.85. The fourth-order valence-corrected chi connectivity index (χ4v) is 2.83. The monoisotopic (exact) mass is 267 g/mol. The van der Waals surface area contributed by atoms with Crippen LogP contribution in [0.4, 0.5) is 0 Å². The fourth-order valence-electron chi connectivity index (χ4n) is 1.88. The van der Waals surface area contributed by atoms with Crippen molar-refractivity contribution in [3.63, 3.8) is 0 Å². The van der Waals surface area contributed by atoms with Crippen molar-refractivity contribution in [3.05, 3.63) is 59.7 Å². The first kappa shape index (κ1) is 13.7. The Balaban J connectivity index is 2.19. The zero-order chi connectivity index (χ0) is 13.7. The van der Waals surface area contributed by atoms with Gasteiger partial charge in [0.1, 0.15) is 0 Å². The number of benzene rings is 2. The van der Waals surface area contributed by atoms with Crippen molar-refractivity contribution in [1.82, 2.24) is 0 Å². The Hall–Kier alpha value is -1.72. The van der Waals surface area contributed by atoms with Crippen molar-refractivity contribution in [1.29, 1.82) is 5.26 Å². The molecule has 0 unspecified atom stereocenters. The molecule has 96 valence electrons. The Bertz CT molecular complexity index is 579. The third-order valence-electron chi connectivity index (χ3n) is 3.02. The summed E-state index contributed by atoms with van der Waals surface area (Å²) in [4.78, 5) is 2.39. The highest BCUT2D eigenvalue weighted by molar-refractivity contribution is 7.99. The lowest BCUT2D eigenvalue weighted by Gasteiger charge is -2.08. The maximum absolute atomic E-state index is 8.85. The molecule has 0 aliphatic carbocycles. The predicted molar refractivity (Wildman–Crippen MR) is 80.4 cm³/mol. The molecule has 0 atom stereocenters. The second-order valence-electron chi connectivity index (χ2n) is 4.77. The van der Waals surface area contributed by atoms with E-state index in [9.17, 15) is 0 Å². The smallest absolute Gasteiger partial charge is 0.0670 e. The van der Waals surface area contributed by atoms with Gasteiger partial charge in [0.25, 0.3) is 0 Å². The molecule has 0 fully saturated rings. The maximum Gasteiger partial charge on any atom is 0.0670 e. The van der Waals surface area contributed by atoms with Crippen LogP contribution in [-0.4, -0.2) is 0 Å². The van der Waals surface area contributed by atoms with Crippen molar-refractivity contribution in [2.24, 2.45) is 0 Å². The van der Waals surface area contributed by atoms with E-state index in [0.717, 1.165) is 5.56 Å². The highest BCUT2D eigenvalue weighted by Crippen LogP contribution is 2.31. The summed E-state index contributed by atoms with van der Waals surface area (Å²) in [7, 11) is 0. The zero-order valence-corrected chi connectivity index (χ0v) is 12.1. The minimum Gasteiger partial charge on any atom is -0.198 e. The molecule has 0 saturated heterocycles. The Labute approximate surface area is 119 Å². The molecule has 0 aliphatic heterocycles. The molecule has 0 N–H and O–H groups in total. The molecular weight excluding hydrogens is 250 g/mol. The molecule has 0 aliphatic rings. The minimum atomic E-state index is 0.466. The summed E-state index contributed by atoms with van der Waals surface area (Å²) in [5.41, 5.74) is 2.46. The highest BCUT2D eigenvalue weighted by Gasteiger charge is 2.04. The second-order valence-corrected chi connectivity index (χ2v) is 5.88. The molecule has 0 heterocycles. The van der Waals surface area contributed by atoms with Crippen LogP contribution in [0.15, 0.2) is 58.3 Å². The lowest BCUT2D eigenvalue weighted by Crippen LogP contribution is -1.87. The Morgan fingerprint density at radius 2 is 1.74 bits per heavy atom. The molecule has 2 aromatic carbocycles. The van der Waals surface area contributed by atoms with E-state index in [-0.39, 0.29) is 0 Å². The topological polar surface area (TPSA) is 23.8 Å². The van der Waals surface area contributed by atoms with Crippen LogP contribution < -0.4 is 0 Å². The van der Waals surface area contributed by atoms with Gasteiger partial charge in [-0.1, -0.05) is 55.9 Å². The summed E-state index contributed by atoms with van der Waals surface area (Å²) in [6.07, 6.45) is 0.466. The molecule has 0 radical (unpaired) electrons. The summed E-state index contributed by atoms with van der Waals surface area (Å²) < 4.78 is 0. The maximum atomic E-state index is 8.85. The first-order valence-electron chi connectivity index (χ1n) is 6.43. The standard InChI is InChI=1S/C17H17NS/c1-13(2)14-7-9-16(10-8-14)19-17-6-4-3-5-15(17)11-12-18/h3-10,13H,11H2,1-2H3. The third kappa shape index (κ3) is 3.62. The quantitative estimate of drug-likeness (QED) is 0.776. The van der Waals surface area contributed by atoms with E-state index in [1.54, 1.807) is 11.8 Å². The average molecular weight is 267 g/mol. The number of nitriles is 1. The lowest BCUT2D eigenvalue weighted by molar-refractivity contribution is 0.865. The number of hydrogen-bond acceptors (Lipinski definition) is 2. The number of rotatable bonds is 4. The van der Waals surface area contributed by atoms with Crippen LogP contribution in [0.5, 0.6) is 0 Å². The van der Waals surface area contributed by atoms with Crippen molar-refractivity contribution in [3.8, 4) is 6.07 Å². The van der Waals surface area contributed by atoms with Crippen LogP contribution in [0.1, 0.15) is 30.9 Å². The van der Waals surface area contributed by atoms with Gasteiger partial charge in [-0.05, 0) is 35.2 Å². The molecule has 0 saturated carbocycles. The molecule has 0 spiro atoms. The van der Waals surface area contributed by atoms with Crippen LogP contribution in [-0.2, 0) is 6.42 Å². The van der Waals surface area contributed by atoms with Crippen LogP contribution in [0.3, 0.4) is 0 Å². The van der Waals surface area contributed by atoms with E-state index in [0.29, 0.717) is 12.3 Å². The molecule has 1 nitrogen and oxygen atoms in total. The largest absolute Gasteiger partial charge is 0.198 e. The van der Waals surface area contributed by atoms with Gasteiger partial charge in [-0.15, -0.1) is 0 Å². The van der Waals surface area contributed by atoms with E-state index < -0.39 is 0 Å². The summed E-state index contributed by atoms with van der Waals surface area (Å²) in [5.74, 6) is 0.560. The van der Waals surface area contributed by atoms with Crippen molar-refractivity contribution in [2.45, 2.75) is 36.0 Å². The third-order valence-corrected chi connectivity index (χ3v) is 4.14. The minimum absolute atomic E-state index is 0.466. The Kier molecular flexibility index (Phi) is 4.65. The van der Waals surface area contributed by atoms with E-state index in [2.05, 4.69) is 50.2 Å². The number of nitrogens with zero attached hydrogens (tertiary/aromatic N) is 1. The van der Waals surface area contributed by atoms with Gasteiger partial charge in [-0.25, -0.2) is 0 Å². The normalized spacial score (nSPS) is 10.4. The van der Waals surface area contributed by atoms with Gasteiger partial charge >= 0.3 is 0 Å². The van der Waals surface area contributed by atoms with E-state index >= 15 is 0 Å². The summed E-state index contributed by atoms with van der Waals surface area (Å²) in [6.45, 7) is 4.40. The molecule has 2 rings (SSSR count). The van der Waals surface area contributed by atoms with Gasteiger partial charge in [0.05, 0.1) is 12.5 Å². The van der Waals surface area contributed by atoms with E-state index in [1.807, 2.05) is 18.2 Å². The zero-order valence-electron chi connectivity index (χ0n) is 11.3. The number of hydrogen-bond donors (Lipinski definition) is 0. The predicted octanol–water partition coefficient (Wildman–Crippen LogP) is 5.03. The molecule has 2 aromatic rings. The second kappa shape index (κ2) is 6.45. The molecular formula is C17H17NS.